The quantitative estimate of drug-likeness (QED) is 0.790. The molecule has 1 fully saturated rings. The van der Waals surface area contributed by atoms with E-state index in [1.165, 1.54) is 11.8 Å². The highest BCUT2D eigenvalue weighted by atomic mass is 32.2. The van der Waals surface area contributed by atoms with Gasteiger partial charge in [-0.3, -0.25) is 9.59 Å². The number of benzene rings is 1. The maximum atomic E-state index is 12.4. The SMILES string of the molecule is N#CC1=C(N)N=C(SCC(=O)c2ccccc2)C(C(N)=O)C12CCCC2. The van der Waals surface area contributed by atoms with Gasteiger partial charge in [0.15, 0.2) is 5.78 Å². The number of amides is 1. The van der Waals surface area contributed by atoms with Crippen LogP contribution in [0.4, 0.5) is 0 Å². The smallest absolute Gasteiger partial charge is 0.228 e. The van der Waals surface area contributed by atoms with E-state index in [9.17, 15) is 14.9 Å². The molecule has 1 aliphatic heterocycles. The summed E-state index contributed by atoms with van der Waals surface area (Å²) >= 11 is 1.19. The minimum absolute atomic E-state index is 0.0596. The van der Waals surface area contributed by atoms with Crippen LogP contribution < -0.4 is 11.5 Å². The normalized spacial score (nSPS) is 21.3. The summed E-state index contributed by atoms with van der Waals surface area (Å²) < 4.78 is 0. The van der Waals surface area contributed by atoms with Gasteiger partial charge in [-0.2, -0.15) is 5.26 Å². The standard InChI is InChI=1S/C19H20N4O2S/c20-10-13-16(21)23-18(15(17(22)25)19(13)8-4-5-9-19)26-11-14(24)12-6-2-1-3-7-12/h1-3,6-7,15H,4-5,8-9,11,21H2,(H2,22,25). The monoisotopic (exact) mass is 368 g/mol. The molecular formula is C19H20N4O2S. The Hall–Kier alpha value is -2.59. The van der Waals surface area contributed by atoms with Crippen LogP contribution in [0.3, 0.4) is 0 Å². The zero-order chi connectivity index (χ0) is 18.7. The van der Waals surface area contributed by atoms with Crippen molar-refractivity contribution in [2.75, 3.05) is 5.75 Å². The molecule has 0 saturated heterocycles. The van der Waals surface area contributed by atoms with Crippen molar-refractivity contribution in [3.05, 3.63) is 47.3 Å². The Bertz CT molecular complexity index is 833. The molecule has 26 heavy (non-hydrogen) atoms. The second kappa shape index (κ2) is 7.34. The summed E-state index contributed by atoms with van der Waals surface area (Å²) in [5.74, 6) is -1.01. The van der Waals surface area contributed by atoms with Crippen LogP contribution in [0.15, 0.2) is 46.7 Å². The molecule has 7 heteroatoms. The molecule has 0 bridgehead atoms. The third-order valence-electron chi connectivity index (χ3n) is 5.12. The molecule has 1 aliphatic carbocycles. The Balaban J connectivity index is 1.90. The van der Waals surface area contributed by atoms with E-state index in [0.717, 1.165) is 12.8 Å². The number of Topliss-reactive ketones (excluding diaryl/α,β-unsaturated/α-hetero) is 1. The van der Waals surface area contributed by atoms with Gasteiger partial charge >= 0.3 is 0 Å². The summed E-state index contributed by atoms with van der Waals surface area (Å²) in [6.07, 6.45) is 3.17. The van der Waals surface area contributed by atoms with E-state index < -0.39 is 17.2 Å². The molecule has 1 unspecified atom stereocenters. The van der Waals surface area contributed by atoms with Gasteiger partial charge in [0, 0.05) is 11.0 Å². The molecule has 4 N–H and O–H groups in total. The van der Waals surface area contributed by atoms with Gasteiger partial charge in [-0.15, -0.1) is 11.8 Å². The lowest BCUT2D eigenvalue weighted by Crippen LogP contribution is -2.46. The van der Waals surface area contributed by atoms with E-state index in [4.69, 9.17) is 11.5 Å². The lowest BCUT2D eigenvalue weighted by molar-refractivity contribution is -0.122. The minimum Gasteiger partial charge on any atom is -0.383 e. The molecule has 1 amide bonds. The molecule has 134 valence electrons. The number of allylic oxidation sites excluding steroid dienone is 1. The van der Waals surface area contributed by atoms with E-state index in [0.29, 0.717) is 29.0 Å². The highest BCUT2D eigenvalue weighted by Gasteiger charge is 2.52. The topological polar surface area (TPSA) is 122 Å². The van der Waals surface area contributed by atoms with Crippen LogP contribution in [0.1, 0.15) is 36.0 Å². The number of thioether (sulfide) groups is 1. The van der Waals surface area contributed by atoms with E-state index >= 15 is 0 Å². The molecule has 1 aromatic carbocycles. The highest BCUT2D eigenvalue weighted by Crippen LogP contribution is 2.53. The van der Waals surface area contributed by atoms with Crippen LogP contribution in [0, 0.1) is 22.7 Å². The molecule has 0 aromatic heterocycles. The maximum absolute atomic E-state index is 12.4. The van der Waals surface area contributed by atoms with Crippen molar-refractivity contribution in [3.8, 4) is 6.07 Å². The number of aliphatic imine (C=N–C) groups is 1. The van der Waals surface area contributed by atoms with Gasteiger partial charge in [0.05, 0.1) is 28.4 Å². The van der Waals surface area contributed by atoms with Crippen molar-refractivity contribution >= 4 is 28.5 Å². The van der Waals surface area contributed by atoms with Crippen molar-refractivity contribution in [1.29, 1.82) is 5.26 Å². The lowest BCUT2D eigenvalue weighted by Gasteiger charge is -2.38. The third-order valence-corrected chi connectivity index (χ3v) is 6.15. The zero-order valence-corrected chi connectivity index (χ0v) is 15.1. The molecule has 6 nitrogen and oxygen atoms in total. The molecule has 0 radical (unpaired) electrons. The number of carbonyl (C=O) groups excluding carboxylic acids is 2. The molecule has 1 aromatic rings. The third kappa shape index (κ3) is 3.13. The van der Waals surface area contributed by atoms with Gasteiger partial charge in [-0.05, 0) is 12.8 Å². The predicted octanol–water partition coefficient (Wildman–Crippen LogP) is 2.37. The lowest BCUT2D eigenvalue weighted by atomic mass is 9.67. The average Bonchev–Trinajstić information content (AvgIpc) is 3.09. The number of nitrogens with two attached hydrogens (primary N) is 2. The number of nitrogens with zero attached hydrogens (tertiary/aromatic N) is 2. The van der Waals surface area contributed by atoms with Gasteiger partial charge in [-0.1, -0.05) is 43.2 Å². The van der Waals surface area contributed by atoms with Crippen molar-refractivity contribution < 1.29 is 9.59 Å². The summed E-state index contributed by atoms with van der Waals surface area (Å²) in [5, 5.41) is 10.0. The summed E-state index contributed by atoms with van der Waals surface area (Å²) in [7, 11) is 0. The molecular weight excluding hydrogens is 348 g/mol. The highest BCUT2D eigenvalue weighted by molar-refractivity contribution is 8.14. The Labute approximate surface area is 156 Å². The van der Waals surface area contributed by atoms with Crippen molar-refractivity contribution in [3.63, 3.8) is 0 Å². The molecule has 2 aliphatic rings. The van der Waals surface area contributed by atoms with Crippen molar-refractivity contribution in [1.82, 2.24) is 0 Å². The van der Waals surface area contributed by atoms with Crippen LogP contribution in [-0.4, -0.2) is 22.5 Å². The van der Waals surface area contributed by atoms with Crippen LogP contribution in [0.5, 0.6) is 0 Å². The second-order valence-corrected chi connectivity index (χ2v) is 7.59. The molecule has 1 atom stereocenters. The van der Waals surface area contributed by atoms with Gasteiger partial charge in [-0.25, -0.2) is 4.99 Å². The first-order chi connectivity index (χ1) is 12.5. The fourth-order valence-electron chi connectivity index (χ4n) is 3.94. The Morgan fingerprint density at radius 1 is 1.27 bits per heavy atom. The molecule has 3 rings (SSSR count). The van der Waals surface area contributed by atoms with Crippen LogP contribution in [-0.2, 0) is 4.79 Å². The predicted molar refractivity (Wildman–Crippen MR) is 101 cm³/mol. The first kappa shape index (κ1) is 18.2. The number of hydrogen-bond donors (Lipinski definition) is 2. The molecule has 1 heterocycles. The van der Waals surface area contributed by atoms with Gasteiger partial charge in [0.25, 0.3) is 0 Å². The molecule has 1 spiro atoms. The van der Waals surface area contributed by atoms with E-state index in [1.807, 2.05) is 6.07 Å². The number of nitriles is 1. The molecule has 1 saturated carbocycles. The Morgan fingerprint density at radius 3 is 2.50 bits per heavy atom. The Morgan fingerprint density at radius 2 is 1.92 bits per heavy atom. The van der Waals surface area contributed by atoms with E-state index in [-0.39, 0.29) is 17.4 Å². The van der Waals surface area contributed by atoms with Crippen molar-refractivity contribution in [2.24, 2.45) is 27.8 Å². The first-order valence-electron chi connectivity index (χ1n) is 8.49. The number of hydrogen-bond acceptors (Lipinski definition) is 6. The number of ketones is 1. The fraction of sp³-hybridized carbons (Fsp3) is 0.368. The maximum Gasteiger partial charge on any atom is 0.228 e. The van der Waals surface area contributed by atoms with Crippen LogP contribution in [0.25, 0.3) is 0 Å². The summed E-state index contributed by atoms with van der Waals surface area (Å²) in [4.78, 5) is 29.0. The van der Waals surface area contributed by atoms with Crippen LogP contribution in [0.2, 0.25) is 0 Å². The van der Waals surface area contributed by atoms with E-state index in [1.54, 1.807) is 24.3 Å². The van der Waals surface area contributed by atoms with Crippen LogP contribution >= 0.6 is 11.8 Å². The number of primary amides is 1. The van der Waals surface area contributed by atoms with Gasteiger partial charge in [0.2, 0.25) is 5.91 Å². The second-order valence-electron chi connectivity index (χ2n) is 6.60. The Kier molecular flexibility index (Phi) is 5.14. The average molecular weight is 368 g/mol. The van der Waals surface area contributed by atoms with Crippen molar-refractivity contribution in [2.45, 2.75) is 25.7 Å². The van der Waals surface area contributed by atoms with Gasteiger partial charge < -0.3 is 11.5 Å². The summed E-state index contributed by atoms with van der Waals surface area (Å²) in [6.45, 7) is 0. The summed E-state index contributed by atoms with van der Waals surface area (Å²) in [6, 6.07) is 11.1. The number of rotatable bonds is 4. The number of carbonyl (C=O) groups is 2. The first-order valence-corrected chi connectivity index (χ1v) is 9.47. The summed E-state index contributed by atoms with van der Waals surface area (Å²) in [5.41, 5.74) is 12.0. The van der Waals surface area contributed by atoms with E-state index in [2.05, 4.69) is 11.1 Å². The fourth-order valence-corrected chi connectivity index (χ4v) is 5.06. The van der Waals surface area contributed by atoms with Gasteiger partial charge in [0.1, 0.15) is 5.82 Å². The minimum atomic E-state index is -0.708. The zero-order valence-electron chi connectivity index (χ0n) is 14.3. The largest absolute Gasteiger partial charge is 0.383 e.